The number of fused-ring (bicyclic) bond motifs is 2. The van der Waals surface area contributed by atoms with Crippen LogP contribution in [0.2, 0.25) is 25.4 Å². The van der Waals surface area contributed by atoms with Gasteiger partial charge in [-0.3, -0.25) is 10.1 Å². The number of para-hydroxylation sites is 1. The molecule has 0 fully saturated rings. The van der Waals surface area contributed by atoms with Gasteiger partial charge in [-0.1, -0.05) is 66.0 Å². The molecule has 0 aliphatic heterocycles. The molecule has 0 amide bonds. The lowest BCUT2D eigenvalue weighted by Crippen LogP contribution is -2.03. The van der Waals surface area contributed by atoms with E-state index in [-0.39, 0.29) is 61.2 Å². The summed E-state index contributed by atoms with van der Waals surface area (Å²) in [6, 6.07) is 13.6. The van der Waals surface area contributed by atoms with Crippen LogP contribution in [0.3, 0.4) is 0 Å². The molecular weight excluding hydrogens is 876 g/mol. The second-order valence-electron chi connectivity index (χ2n) is 12.0. The zero-order valence-corrected chi connectivity index (χ0v) is 34.5. The number of benzene rings is 5. The molecule has 0 aliphatic rings. The van der Waals surface area contributed by atoms with Gasteiger partial charge in [0.25, 0.3) is 5.69 Å². The largest absolute Gasteiger partial charge is 0.495 e. The third-order valence-corrected chi connectivity index (χ3v) is 10.3. The van der Waals surface area contributed by atoms with Gasteiger partial charge in [-0.25, -0.2) is 28.7 Å². The molecule has 0 spiro atoms. The van der Waals surface area contributed by atoms with Crippen LogP contribution in [0.1, 0.15) is 13.0 Å². The van der Waals surface area contributed by atoms with Crippen LogP contribution in [0.25, 0.3) is 44.1 Å². The fourth-order valence-corrected chi connectivity index (χ4v) is 7.46. The summed E-state index contributed by atoms with van der Waals surface area (Å²) in [5, 5.41) is 15.9. The predicted octanol–water partition coefficient (Wildman–Crippen LogP) is 12.8. The second-order valence-corrected chi connectivity index (χ2v) is 13.9. The van der Waals surface area contributed by atoms with Crippen molar-refractivity contribution in [3.8, 4) is 45.3 Å². The predicted molar refractivity (Wildman–Crippen MR) is 229 cm³/mol. The summed E-state index contributed by atoms with van der Waals surface area (Å²) in [5.74, 6) is 0.132. The minimum Gasteiger partial charge on any atom is -0.495 e. The molecule has 0 atom stereocenters. The lowest BCUT2D eigenvalue weighted by atomic mass is 10.0. The van der Waals surface area contributed by atoms with Crippen LogP contribution in [0.5, 0.6) is 23.0 Å². The fourth-order valence-electron chi connectivity index (χ4n) is 5.89. The van der Waals surface area contributed by atoms with E-state index in [1.54, 1.807) is 37.3 Å². The van der Waals surface area contributed by atoms with Crippen molar-refractivity contribution >= 4 is 97.1 Å². The Morgan fingerprint density at radius 1 is 0.661 bits per heavy atom. The van der Waals surface area contributed by atoms with Crippen LogP contribution in [0, 0.1) is 28.7 Å². The number of hydrogen-bond donors (Lipinski definition) is 1. The molecule has 7 aromatic rings. The molecule has 0 bridgehead atoms. The van der Waals surface area contributed by atoms with Gasteiger partial charge < -0.3 is 24.3 Å². The first kappa shape index (κ1) is 44.6. The quantitative estimate of drug-likeness (QED) is 0.0839. The van der Waals surface area contributed by atoms with E-state index in [4.69, 9.17) is 77.0 Å². The van der Waals surface area contributed by atoms with Gasteiger partial charge in [-0.15, -0.1) is 0 Å². The van der Waals surface area contributed by atoms with Crippen LogP contribution in [0.4, 0.5) is 26.1 Å². The van der Waals surface area contributed by atoms with Gasteiger partial charge in [0.2, 0.25) is 11.2 Å². The van der Waals surface area contributed by atoms with Crippen LogP contribution < -0.4 is 24.3 Å². The SMILES string of the molecule is C.COc1cc(OC)c(Cl)c(-c2cc(F)c3nc(Cl)ncc3c2)c1Cl.COc1cc(OC)c(Cl)c(-c2cc(F)c3nc(Nc4c(C)cccc4[N+](=O)[O-])ncc3c2)c1Cl. The Kier molecular flexibility index (Phi) is 14.1. The number of nitro groups is 1. The highest BCUT2D eigenvalue weighted by Crippen LogP contribution is 2.48. The number of anilines is 2. The van der Waals surface area contributed by atoms with Gasteiger partial charge >= 0.3 is 0 Å². The molecule has 2 heterocycles. The number of hydrogen-bond acceptors (Lipinski definition) is 11. The van der Waals surface area contributed by atoms with E-state index in [1.165, 1.54) is 65.1 Å². The van der Waals surface area contributed by atoms with Crippen molar-refractivity contribution in [2.75, 3.05) is 33.8 Å². The smallest absolute Gasteiger partial charge is 0.293 e. The van der Waals surface area contributed by atoms with Crippen molar-refractivity contribution in [2.45, 2.75) is 14.4 Å². The summed E-state index contributed by atoms with van der Waals surface area (Å²) >= 11 is 31.4. The van der Waals surface area contributed by atoms with E-state index in [9.17, 15) is 14.5 Å². The first-order chi connectivity index (χ1) is 27.7. The van der Waals surface area contributed by atoms with E-state index in [0.717, 1.165) is 0 Å². The number of nitro benzene ring substituents is 1. The molecule has 0 aliphatic carbocycles. The Labute approximate surface area is 361 Å². The minimum absolute atomic E-state index is 0. The molecule has 306 valence electrons. The van der Waals surface area contributed by atoms with Crippen molar-refractivity contribution in [3.05, 3.63) is 120 Å². The van der Waals surface area contributed by atoms with Gasteiger partial charge in [0.1, 0.15) is 51.4 Å². The molecular formula is C40H31Cl5F2N6O6. The number of methoxy groups -OCH3 is 4. The summed E-state index contributed by atoms with van der Waals surface area (Å²) in [6.07, 6.45) is 2.83. The number of aromatic nitrogens is 4. The van der Waals surface area contributed by atoms with E-state index in [0.29, 0.717) is 61.6 Å². The summed E-state index contributed by atoms with van der Waals surface area (Å²) < 4.78 is 50.7. The Morgan fingerprint density at radius 2 is 1.10 bits per heavy atom. The first-order valence-corrected chi connectivity index (χ1v) is 18.4. The molecule has 12 nitrogen and oxygen atoms in total. The minimum atomic E-state index is -0.661. The molecule has 0 unspecified atom stereocenters. The normalized spacial score (nSPS) is 10.7. The molecule has 0 radical (unpaired) electrons. The van der Waals surface area contributed by atoms with Crippen LogP contribution in [-0.4, -0.2) is 53.3 Å². The van der Waals surface area contributed by atoms with Crippen molar-refractivity contribution in [2.24, 2.45) is 0 Å². The van der Waals surface area contributed by atoms with Crippen molar-refractivity contribution in [3.63, 3.8) is 0 Å². The van der Waals surface area contributed by atoms with Gasteiger partial charge in [-0.2, -0.15) is 0 Å². The highest BCUT2D eigenvalue weighted by Gasteiger charge is 2.23. The fraction of sp³-hybridized carbons (Fsp3) is 0.150. The zero-order valence-electron chi connectivity index (χ0n) is 30.7. The first-order valence-electron chi connectivity index (χ1n) is 16.5. The maximum Gasteiger partial charge on any atom is 0.293 e. The molecule has 0 saturated carbocycles. The molecule has 2 aromatic heterocycles. The maximum absolute atomic E-state index is 15.2. The standard InChI is InChI=1S/C23H17Cl2FN4O4.C16H10Cl3FN2O2.CH4/c1-11-5-4-6-15(30(31)32)21(11)28-23-27-10-13-7-12(8-14(26)22(13)29-23)18-19(24)16(33-2)9-17(34-3)20(18)25;1-23-10-5-11(24-2)14(18)12(13(10)17)7-3-8-6-21-16(19)22-15(8)9(20)4-7;/h4-10H,1-3H3,(H,27,28,29);3-6H,1-2H3;1H4. The molecule has 59 heavy (non-hydrogen) atoms. The van der Waals surface area contributed by atoms with E-state index in [1.807, 2.05) is 0 Å². The van der Waals surface area contributed by atoms with Gasteiger partial charge in [0.05, 0.1) is 53.5 Å². The molecule has 0 saturated heterocycles. The number of nitrogens with one attached hydrogen (secondary N) is 1. The zero-order chi connectivity index (χ0) is 42.0. The van der Waals surface area contributed by atoms with Crippen molar-refractivity contribution in [1.29, 1.82) is 0 Å². The topological polar surface area (TPSA) is 144 Å². The van der Waals surface area contributed by atoms with E-state index >= 15 is 4.39 Å². The van der Waals surface area contributed by atoms with Gasteiger partial charge in [0, 0.05) is 52.5 Å². The highest BCUT2D eigenvalue weighted by atomic mass is 35.5. The van der Waals surface area contributed by atoms with E-state index < -0.39 is 16.6 Å². The number of nitrogens with zero attached hydrogens (tertiary/aromatic N) is 5. The number of ether oxygens (including phenoxy) is 4. The molecule has 5 aromatic carbocycles. The Bertz CT molecular complexity index is 2710. The van der Waals surface area contributed by atoms with Crippen molar-refractivity contribution < 1.29 is 32.7 Å². The molecule has 7 rings (SSSR count). The molecule has 1 N–H and O–H groups in total. The van der Waals surface area contributed by atoms with Gasteiger partial charge in [-0.05, 0) is 59.5 Å². The second kappa shape index (κ2) is 18.6. The summed E-state index contributed by atoms with van der Waals surface area (Å²) in [7, 11) is 5.82. The third-order valence-electron chi connectivity index (χ3n) is 8.65. The number of rotatable bonds is 9. The van der Waals surface area contributed by atoms with Crippen molar-refractivity contribution in [1.82, 2.24) is 19.9 Å². The van der Waals surface area contributed by atoms with Crippen LogP contribution in [0.15, 0.2) is 67.0 Å². The summed E-state index contributed by atoms with van der Waals surface area (Å²) in [4.78, 5) is 27.0. The monoisotopic (exact) mass is 904 g/mol. The average molecular weight is 907 g/mol. The van der Waals surface area contributed by atoms with E-state index in [2.05, 4.69) is 25.3 Å². The van der Waals surface area contributed by atoms with Gasteiger partial charge in [0.15, 0.2) is 0 Å². The van der Waals surface area contributed by atoms with Crippen LogP contribution >= 0.6 is 58.0 Å². The third kappa shape index (κ3) is 8.92. The Balaban J connectivity index is 0.000000233. The number of aryl methyl sites for hydroxylation is 1. The lowest BCUT2D eigenvalue weighted by molar-refractivity contribution is -0.384. The lowest BCUT2D eigenvalue weighted by Gasteiger charge is -2.15. The van der Waals surface area contributed by atoms with Crippen LogP contribution in [-0.2, 0) is 0 Å². The molecule has 19 heteroatoms. The Morgan fingerprint density at radius 3 is 1.54 bits per heavy atom. The highest BCUT2D eigenvalue weighted by molar-refractivity contribution is 6.42. The summed E-state index contributed by atoms with van der Waals surface area (Å²) in [5.41, 5.74) is 2.37. The number of halogens is 7. The summed E-state index contributed by atoms with van der Waals surface area (Å²) in [6.45, 7) is 1.71. The Hall–Kier alpha value is -5.51. The maximum atomic E-state index is 15.2. The average Bonchev–Trinajstić information content (AvgIpc) is 3.19.